The van der Waals surface area contributed by atoms with E-state index in [2.05, 4.69) is 6.07 Å². The standard InChI is InChI=1S/C15H16O3/c16-13(6-7-14(17)18)12-3-1-2-11-9-4-5-10(8-9)15(11)12/h1-3,9-10H,4-8H2,(H,17,18). The molecule has 1 aromatic carbocycles. The van der Waals surface area contributed by atoms with Gasteiger partial charge in [0, 0.05) is 12.0 Å². The van der Waals surface area contributed by atoms with Gasteiger partial charge >= 0.3 is 5.97 Å². The molecule has 0 aromatic heterocycles. The van der Waals surface area contributed by atoms with Crippen molar-refractivity contribution in [2.75, 3.05) is 0 Å². The number of carboxylic acids is 1. The number of carbonyl (C=O) groups excluding carboxylic acids is 1. The van der Waals surface area contributed by atoms with Crippen LogP contribution in [0.15, 0.2) is 18.2 Å². The van der Waals surface area contributed by atoms with Crippen molar-refractivity contribution in [2.24, 2.45) is 0 Å². The topological polar surface area (TPSA) is 54.4 Å². The highest BCUT2D eigenvalue weighted by atomic mass is 16.4. The van der Waals surface area contributed by atoms with Gasteiger partial charge in [-0.25, -0.2) is 0 Å². The molecule has 2 bridgehead atoms. The van der Waals surface area contributed by atoms with E-state index >= 15 is 0 Å². The van der Waals surface area contributed by atoms with Gasteiger partial charge in [0.25, 0.3) is 0 Å². The van der Waals surface area contributed by atoms with Crippen LogP contribution in [0.25, 0.3) is 0 Å². The molecule has 2 atom stereocenters. The maximum Gasteiger partial charge on any atom is 0.303 e. The summed E-state index contributed by atoms with van der Waals surface area (Å²) in [4.78, 5) is 22.7. The first-order chi connectivity index (χ1) is 8.66. The molecule has 2 unspecified atom stereocenters. The van der Waals surface area contributed by atoms with Crippen LogP contribution in [0, 0.1) is 0 Å². The lowest BCUT2D eigenvalue weighted by molar-refractivity contribution is -0.136. The van der Waals surface area contributed by atoms with E-state index in [1.165, 1.54) is 30.4 Å². The van der Waals surface area contributed by atoms with Crippen molar-refractivity contribution in [2.45, 2.75) is 43.9 Å². The number of carboxylic acid groups (broad SMARTS) is 1. The quantitative estimate of drug-likeness (QED) is 0.828. The van der Waals surface area contributed by atoms with Gasteiger partial charge in [-0.15, -0.1) is 0 Å². The number of carbonyl (C=O) groups is 2. The summed E-state index contributed by atoms with van der Waals surface area (Å²) in [6.45, 7) is 0. The summed E-state index contributed by atoms with van der Waals surface area (Å²) in [6, 6.07) is 5.93. The molecule has 1 N–H and O–H groups in total. The zero-order chi connectivity index (χ0) is 12.7. The van der Waals surface area contributed by atoms with Crippen LogP contribution >= 0.6 is 0 Å². The van der Waals surface area contributed by atoms with Crippen molar-refractivity contribution >= 4 is 11.8 Å². The van der Waals surface area contributed by atoms with Crippen LogP contribution in [0.5, 0.6) is 0 Å². The highest BCUT2D eigenvalue weighted by Gasteiger charge is 2.38. The van der Waals surface area contributed by atoms with Crippen molar-refractivity contribution in [1.82, 2.24) is 0 Å². The Morgan fingerprint density at radius 1 is 1.17 bits per heavy atom. The van der Waals surface area contributed by atoms with Gasteiger partial charge < -0.3 is 5.11 Å². The second-order valence-electron chi connectivity index (χ2n) is 5.33. The van der Waals surface area contributed by atoms with E-state index < -0.39 is 5.97 Å². The fourth-order valence-electron chi connectivity index (χ4n) is 3.52. The fraction of sp³-hybridized carbons (Fsp3) is 0.467. The Hall–Kier alpha value is -1.64. The van der Waals surface area contributed by atoms with Gasteiger partial charge in [-0.3, -0.25) is 9.59 Å². The third-order valence-electron chi connectivity index (χ3n) is 4.29. The van der Waals surface area contributed by atoms with E-state index in [0.717, 1.165) is 5.56 Å². The number of aliphatic carboxylic acids is 1. The molecule has 94 valence electrons. The Kier molecular flexibility index (Phi) is 2.69. The van der Waals surface area contributed by atoms with Crippen LogP contribution in [0.1, 0.15) is 65.4 Å². The predicted octanol–water partition coefficient (Wildman–Crippen LogP) is 3.10. The first kappa shape index (κ1) is 11.5. The van der Waals surface area contributed by atoms with Gasteiger partial charge in [0.2, 0.25) is 0 Å². The SMILES string of the molecule is O=C(O)CCC(=O)c1cccc2c1C1CCC2C1. The number of hydrogen-bond donors (Lipinski definition) is 1. The van der Waals surface area contributed by atoms with E-state index in [1.807, 2.05) is 12.1 Å². The predicted molar refractivity (Wildman–Crippen MR) is 67.0 cm³/mol. The van der Waals surface area contributed by atoms with Crippen molar-refractivity contribution < 1.29 is 14.7 Å². The minimum absolute atomic E-state index is 0.0122. The second kappa shape index (κ2) is 4.23. The lowest BCUT2D eigenvalue weighted by atomic mass is 9.86. The van der Waals surface area contributed by atoms with Gasteiger partial charge in [-0.2, -0.15) is 0 Å². The largest absolute Gasteiger partial charge is 0.481 e. The molecule has 0 heterocycles. The zero-order valence-corrected chi connectivity index (χ0v) is 10.2. The Bertz CT molecular complexity index is 518. The Morgan fingerprint density at radius 3 is 2.72 bits per heavy atom. The molecule has 0 radical (unpaired) electrons. The molecule has 3 heteroatoms. The Labute approximate surface area is 106 Å². The maximum atomic E-state index is 12.1. The number of benzene rings is 1. The number of hydrogen-bond acceptors (Lipinski definition) is 2. The van der Waals surface area contributed by atoms with Crippen LogP contribution in [0.2, 0.25) is 0 Å². The zero-order valence-electron chi connectivity index (χ0n) is 10.2. The molecule has 3 nitrogen and oxygen atoms in total. The average Bonchev–Trinajstić information content (AvgIpc) is 2.97. The molecule has 2 aliphatic carbocycles. The van der Waals surface area contributed by atoms with Gasteiger partial charge in [0.15, 0.2) is 5.78 Å². The second-order valence-corrected chi connectivity index (χ2v) is 5.33. The van der Waals surface area contributed by atoms with E-state index in [-0.39, 0.29) is 18.6 Å². The third-order valence-corrected chi connectivity index (χ3v) is 4.29. The summed E-state index contributed by atoms with van der Waals surface area (Å²) in [5.41, 5.74) is 3.34. The molecule has 0 aliphatic heterocycles. The number of ketones is 1. The van der Waals surface area contributed by atoms with E-state index in [9.17, 15) is 9.59 Å². The molecule has 1 saturated carbocycles. The average molecular weight is 244 g/mol. The molecule has 1 aromatic rings. The highest BCUT2D eigenvalue weighted by molar-refractivity contribution is 5.99. The summed E-state index contributed by atoms with van der Waals surface area (Å²) in [5.74, 6) is 0.256. The molecule has 1 fully saturated rings. The van der Waals surface area contributed by atoms with Crippen LogP contribution in [-0.4, -0.2) is 16.9 Å². The summed E-state index contributed by atoms with van der Waals surface area (Å²) in [7, 11) is 0. The summed E-state index contributed by atoms with van der Waals surface area (Å²) < 4.78 is 0. The first-order valence-electron chi connectivity index (χ1n) is 6.54. The molecule has 0 spiro atoms. The lowest BCUT2D eigenvalue weighted by Crippen LogP contribution is -2.10. The minimum atomic E-state index is -0.905. The number of fused-ring (bicyclic) bond motifs is 5. The Balaban J connectivity index is 1.90. The van der Waals surface area contributed by atoms with Crippen LogP contribution in [0.4, 0.5) is 0 Å². The monoisotopic (exact) mass is 244 g/mol. The van der Waals surface area contributed by atoms with Crippen molar-refractivity contribution in [1.29, 1.82) is 0 Å². The molecule has 3 rings (SSSR count). The summed E-state index contributed by atoms with van der Waals surface area (Å²) in [6.07, 6.45) is 3.64. The first-order valence-corrected chi connectivity index (χ1v) is 6.54. The number of Topliss-reactive ketones (excluding diaryl/α,β-unsaturated/α-hetero) is 1. The lowest BCUT2D eigenvalue weighted by Gasteiger charge is -2.18. The molecular formula is C15H16O3. The molecule has 0 saturated heterocycles. The Morgan fingerprint density at radius 2 is 1.94 bits per heavy atom. The van der Waals surface area contributed by atoms with Crippen molar-refractivity contribution in [3.05, 3.63) is 34.9 Å². The van der Waals surface area contributed by atoms with Crippen LogP contribution in [0.3, 0.4) is 0 Å². The van der Waals surface area contributed by atoms with Gasteiger partial charge in [0.05, 0.1) is 6.42 Å². The molecule has 2 aliphatic rings. The third kappa shape index (κ3) is 1.74. The molecular weight excluding hydrogens is 228 g/mol. The van der Waals surface area contributed by atoms with Gasteiger partial charge in [0.1, 0.15) is 0 Å². The van der Waals surface area contributed by atoms with E-state index in [0.29, 0.717) is 11.8 Å². The van der Waals surface area contributed by atoms with Crippen LogP contribution < -0.4 is 0 Å². The summed E-state index contributed by atoms with van der Waals surface area (Å²) in [5, 5.41) is 8.66. The number of rotatable bonds is 4. The normalized spacial score (nSPS) is 24.0. The molecule has 0 amide bonds. The van der Waals surface area contributed by atoms with E-state index in [4.69, 9.17) is 5.11 Å². The van der Waals surface area contributed by atoms with Gasteiger partial charge in [-0.1, -0.05) is 18.2 Å². The minimum Gasteiger partial charge on any atom is -0.481 e. The van der Waals surface area contributed by atoms with Gasteiger partial charge in [-0.05, 0) is 42.2 Å². The molecule has 18 heavy (non-hydrogen) atoms. The smallest absolute Gasteiger partial charge is 0.303 e. The maximum absolute atomic E-state index is 12.1. The van der Waals surface area contributed by atoms with Crippen LogP contribution in [-0.2, 0) is 4.79 Å². The van der Waals surface area contributed by atoms with Crippen molar-refractivity contribution in [3.63, 3.8) is 0 Å². The van der Waals surface area contributed by atoms with Crippen molar-refractivity contribution in [3.8, 4) is 0 Å². The fourth-order valence-corrected chi connectivity index (χ4v) is 3.52. The van der Waals surface area contributed by atoms with E-state index in [1.54, 1.807) is 0 Å². The highest BCUT2D eigenvalue weighted by Crippen LogP contribution is 2.54. The summed E-state index contributed by atoms with van der Waals surface area (Å²) >= 11 is 0.